The highest BCUT2D eigenvalue weighted by molar-refractivity contribution is 5.86. The van der Waals surface area contributed by atoms with Gasteiger partial charge in [0.15, 0.2) is 0 Å². The van der Waals surface area contributed by atoms with Crippen molar-refractivity contribution >= 4 is 10.9 Å². The summed E-state index contributed by atoms with van der Waals surface area (Å²) in [6.07, 6.45) is -4.71. The molecule has 0 aliphatic heterocycles. The van der Waals surface area contributed by atoms with Crippen LogP contribution in [0, 0.1) is 13.0 Å². The number of fused-ring (bicyclic) bond motifs is 1. The summed E-state index contributed by atoms with van der Waals surface area (Å²) in [4.78, 5) is 0. The van der Waals surface area contributed by atoms with E-state index in [9.17, 15) is 18.3 Å². The molecule has 30 heavy (non-hydrogen) atoms. The standard InChI is InChI=1S/C24H19F3NO2/c1-16-2-4-17(5-3-16)14-28-21(15-29)13-20-12-19(8-11-23(20)28)18-6-9-22(10-7-18)30-24(25,26)27/h2-12,29H,14-15H2,1H3. The van der Waals surface area contributed by atoms with Gasteiger partial charge in [-0.2, -0.15) is 0 Å². The molecule has 0 unspecified atom stereocenters. The number of halogens is 3. The molecule has 0 atom stereocenters. The van der Waals surface area contributed by atoms with E-state index in [0.717, 1.165) is 27.6 Å². The number of nitrogens with zero attached hydrogens (tertiary/aromatic N) is 1. The zero-order chi connectivity index (χ0) is 21.3. The summed E-state index contributed by atoms with van der Waals surface area (Å²) < 4.78 is 43.0. The third-order valence-electron chi connectivity index (χ3n) is 4.92. The van der Waals surface area contributed by atoms with Crippen LogP contribution in [0.2, 0.25) is 0 Å². The second-order valence-corrected chi connectivity index (χ2v) is 7.11. The SMILES string of the molecule is Cc1ccc(Cn2c(CO)[c]c3cc(-c4ccc(OC(F)(F)F)cc4)ccc32)cc1. The number of rotatable bonds is 5. The monoisotopic (exact) mass is 410 g/mol. The van der Waals surface area contributed by atoms with Gasteiger partial charge in [-0.25, -0.2) is 0 Å². The summed E-state index contributed by atoms with van der Waals surface area (Å²) in [7, 11) is 0. The van der Waals surface area contributed by atoms with Crippen LogP contribution in [0.4, 0.5) is 13.2 Å². The summed E-state index contributed by atoms with van der Waals surface area (Å²) in [6, 6.07) is 23.0. The fourth-order valence-corrected chi connectivity index (χ4v) is 3.45. The van der Waals surface area contributed by atoms with Gasteiger partial charge in [-0.05, 0) is 47.9 Å². The number of aromatic nitrogens is 1. The number of aliphatic hydroxyl groups is 1. The van der Waals surface area contributed by atoms with Gasteiger partial charge in [0.25, 0.3) is 0 Å². The second kappa shape index (κ2) is 7.88. The van der Waals surface area contributed by atoms with Gasteiger partial charge < -0.3 is 14.4 Å². The predicted octanol–water partition coefficient (Wildman–Crippen LogP) is 5.86. The van der Waals surface area contributed by atoms with Crippen LogP contribution in [0.25, 0.3) is 22.0 Å². The van der Waals surface area contributed by atoms with Gasteiger partial charge in [-0.15, -0.1) is 13.2 Å². The van der Waals surface area contributed by atoms with Gasteiger partial charge in [0, 0.05) is 23.5 Å². The van der Waals surface area contributed by atoms with Crippen molar-refractivity contribution in [2.45, 2.75) is 26.4 Å². The van der Waals surface area contributed by atoms with Crippen LogP contribution in [-0.4, -0.2) is 16.0 Å². The first-order chi connectivity index (χ1) is 14.3. The van der Waals surface area contributed by atoms with Crippen molar-refractivity contribution in [1.29, 1.82) is 0 Å². The summed E-state index contributed by atoms with van der Waals surface area (Å²) in [6.45, 7) is 2.50. The largest absolute Gasteiger partial charge is 0.573 e. The highest BCUT2D eigenvalue weighted by Crippen LogP contribution is 2.30. The molecule has 153 valence electrons. The molecule has 6 heteroatoms. The Bertz CT molecular complexity index is 1160. The molecule has 3 nitrogen and oxygen atoms in total. The van der Waals surface area contributed by atoms with Crippen molar-refractivity contribution in [2.75, 3.05) is 0 Å². The molecule has 1 aromatic heterocycles. The zero-order valence-corrected chi connectivity index (χ0v) is 16.2. The van der Waals surface area contributed by atoms with E-state index in [0.29, 0.717) is 12.2 Å². The fourth-order valence-electron chi connectivity index (χ4n) is 3.45. The number of aliphatic hydroxyl groups excluding tert-OH is 1. The first-order valence-electron chi connectivity index (χ1n) is 9.39. The van der Waals surface area contributed by atoms with E-state index in [4.69, 9.17) is 0 Å². The molecule has 0 amide bonds. The van der Waals surface area contributed by atoms with Crippen molar-refractivity contribution < 1.29 is 23.0 Å². The Morgan fingerprint density at radius 2 is 1.60 bits per heavy atom. The maximum atomic E-state index is 12.3. The molecule has 0 saturated carbocycles. The van der Waals surface area contributed by atoms with Gasteiger partial charge in [0.05, 0.1) is 12.3 Å². The van der Waals surface area contributed by atoms with E-state index in [1.165, 1.54) is 17.7 Å². The molecule has 0 spiro atoms. The minimum Gasteiger partial charge on any atom is -0.406 e. The van der Waals surface area contributed by atoms with Crippen molar-refractivity contribution in [2.24, 2.45) is 0 Å². The van der Waals surface area contributed by atoms with Crippen LogP contribution in [0.15, 0.2) is 66.7 Å². The lowest BCUT2D eigenvalue weighted by molar-refractivity contribution is -0.274. The minimum absolute atomic E-state index is 0.140. The fraction of sp³-hybridized carbons (Fsp3) is 0.167. The topological polar surface area (TPSA) is 34.4 Å². The van der Waals surface area contributed by atoms with Gasteiger partial charge in [0.1, 0.15) is 5.75 Å². The average molecular weight is 410 g/mol. The number of alkyl halides is 3. The zero-order valence-electron chi connectivity index (χ0n) is 16.2. The first-order valence-corrected chi connectivity index (χ1v) is 9.39. The number of hydrogen-bond donors (Lipinski definition) is 1. The van der Waals surface area contributed by atoms with Crippen molar-refractivity contribution in [1.82, 2.24) is 4.57 Å². The van der Waals surface area contributed by atoms with Crippen LogP contribution < -0.4 is 4.74 Å². The number of ether oxygens (including phenoxy) is 1. The molecule has 0 aliphatic rings. The Kier molecular flexibility index (Phi) is 5.26. The summed E-state index contributed by atoms with van der Waals surface area (Å²) in [5, 5.41) is 10.6. The molecule has 0 aliphatic carbocycles. The molecule has 0 bridgehead atoms. The van der Waals surface area contributed by atoms with Gasteiger partial charge >= 0.3 is 6.36 Å². The van der Waals surface area contributed by atoms with E-state index in [1.807, 2.05) is 41.8 Å². The lowest BCUT2D eigenvalue weighted by atomic mass is 10.0. The lowest BCUT2D eigenvalue weighted by Gasteiger charge is -2.11. The van der Waals surface area contributed by atoms with Crippen LogP contribution in [0.5, 0.6) is 5.75 Å². The van der Waals surface area contributed by atoms with Crippen molar-refractivity contribution in [3.63, 3.8) is 0 Å². The molecule has 3 aromatic carbocycles. The normalized spacial score (nSPS) is 11.8. The predicted molar refractivity (Wildman–Crippen MR) is 109 cm³/mol. The maximum Gasteiger partial charge on any atom is 0.573 e. The Labute approximate surface area is 172 Å². The van der Waals surface area contributed by atoms with E-state index >= 15 is 0 Å². The van der Waals surface area contributed by atoms with Crippen LogP contribution in [-0.2, 0) is 13.2 Å². The highest BCUT2D eigenvalue weighted by atomic mass is 19.4. The number of aryl methyl sites for hydroxylation is 1. The van der Waals surface area contributed by atoms with E-state index in [-0.39, 0.29) is 12.4 Å². The molecule has 1 radical (unpaired) electrons. The minimum atomic E-state index is -4.71. The Morgan fingerprint density at radius 1 is 0.933 bits per heavy atom. The Morgan fingerprint density at radius 3 is 2.23 bits per heavy atom. The van der Waals surface area contributed by atoms with Crippen molar-refractivity contribution in [3.8, 4) is 16.9 Å². The first kappa shape index (κ1) is 20.0. The second-order valence-electron chi connectivity index (χ2n) is 7.11. The molecule has 0 saturated heterocycles. The number of benzene rings is 3. The third-order valence-corrected chi connectivity index (χ3v) is 4.92. The van der Waals surface area contributed by atoms with Crippen LogP contribution in [0.3, 0.4) is 0 Å². The molecule has 4 aromatic rings. The maximum absolute atomic E-state index is 12.3. The van der Waals surface area contributed by atoms with Crippen LogP contribution >= 0.6 is 0 Å². The van der Waals surface area contributed by atoms with Crippen molar-refractivity contribution in [3.05, 3.63) is 89.6 Å². The molecular formula is C24H19F3NO2. The van der Waals surface area contributed by atoms with E-state index in [2.05, 4.69) is 22.9 Å². The van der Waals surface area contributed by atoms with Gasteiger partial charge in [-0.3, -0.25) is 0 Å². The Balaban J connectivity index is 1.65. The summed E-state index contributed by atoms with van der Waals surface area (Å²) in [5.41, 5.74) is 5.51. The lowest BCUT2D eigenvalue weighted by Crippen LogP contribution is -2.16. The highest BCUT2D eigenvalue weighted by Gasteiger charge is 2.30. The summed E-state index contributed by atoms with van der Waals surface area (Å²) >= 11 is 0. The third kappa shape index (κ3) is 4.33. The number of hydrogen-bond acceptors (Lipinski definition) is 2. The smallest absolute Gasteiger partial charge is 0.406 e. The molecule has 1 N–H and O–H groups in total. The molecular weight excluding hydrogens is 391 g/mol. The molecule has 0 fully saturated rings. The van der Waals surface area contributed by atoms with Gasteiger partial charge in [0.2, 0.25) is 0 Å². The summed E-state index contributed by atoms with van der Waals surface area (Å²) in [5.74, 6) is -0.259. The Hall–Kier alpha value is -3.25. The van der Waals surface area contributed by atoms with Crippen LogP contribution in [0.1, 0.15) is 16.8 Å². The van der Waals surface area contributed by atoms with Gasteiger partial charge in [-0.1, -0.05) is 48.0 Å². The quantitative estimate of drug-likeness (QED) is 0.447. The average Bonchev–Trinajstić information content (AvgIpc) is 3.06. The molecule has 1 heterocycles. The van der Waals surface area contributed by atoms with E-state index in [1.54, 1.807) is 12.1 Å². The van der Waals surface area contributed by atoms with E-state index < -0.39 is 6.36 Å². The molecule has 4 rings (SSSR count).